The van der Waals surface area contributed by atoms with E-state index in [-0.39, 0.29) is 12.4 Å². The highest BCUT2D eigenvalue weighted by atomic mass is 16.5. The number of hydrogen-bond donors (Lipinski definition) is 1. The summed E-state index contributed by atoms with van der Waals surface area (Å²) in [4.78, 5) is 11.2. The minimum Gasteiger partial charge on any atom is -0.394 e. The van der Waals surface area contributed by atoms with E-state index < -0.39 is 0 Å². The fourth-order valence-corrected chi connectivity index (χ4v) is 1.49. The molecule has 0 fully saturated rings. The van der Waals surface area contributed by atoms with Gasteiger partial charge in [0.1, 0.15) is 0 Å². The molecule has 0 atom stereocenters. The maximum Gasteiger partial charge on any atom is 0.159 e. The third-order valence-electron chi connectivity index (χ3n) is 2.32. The number of aryl methyl sites for hydroxylation is 1. The van der Waals surface area contributed by atoms with Crippen molar-refractivity contribution in [3.63, 3.8) is 0 Å². The summed E-state index contributed by atoms with van der Waals surface area (Å²) < 4.78 is 5.17. The number of benzene rings is 1. The normalized spacial score (nSPS) is 10.4. The topological polar surface area (TPSA) is 46.5 Å². The molecule has 0 saturated carbocycles. The molecule has 1 aromatic rings. The molecular formula is C13H18O3. The van der Waals surface area contributed by atoms with Crippen LogP contribution in [-0.4, -0.2) is 30.7 Å². The smallest absolute Gasteiger partial charge is 0.159 e. The minimum absolute atomic E-state index is 0.0693. The second kappa shape index (κ2) is 7.14. The number of ether oxygens (including phenoxy) is 1. The van der Waals surface area contributed by atoms with E-state index in [1.807, 2.05) is 24.3 Å². The predicted molar refractivity (Wildman–Crippen MR) is 62.7 cm³/mol. The zero-order valence-electron chi connectivity index (χ0n) is 9.61. The first kappa shape index (κ1) is 12.9. The van der Waals surface area contributed by atoms with Gasteiger partial charge in [-0.15, -0.1) is 0 Å². The summed E-state index contributed by atoms with van der Waals surface area (Å²) in [6, 6.07) is 7.67. The lowest BCUT2D eigenvalue weighted by Crippen LogP contribution is -2.02. The SMILES string of the molecule is CC(=O)c1cccc(CCCOCCO)c1. The lowest BCUT2D eigenvalue weighted by molar-refractivity contribution is 0.0909. The molecule has 88 valence electrons. The van der Waals surface area contributed by atoms with Crippen LogP contribution in [-0.2, 0) is 11.2 Å². The first-order chi connectivity index (χ1) is 7.74. The van der Waals surface area contributed by atoms with Gasteiger partial charge in [0.15, 0.2) is 5.78 Å². The van der Waals surface area contributed by atoms with E-state index in [2.05, 4.69) is 0 Å². The second-order valence-electron chi connectivity index (χ2n) is 3.70. The van der Waals surface area contributed by atoms with Crippen molar-refractivity contribution in [2.45, 2.75) is 19.8 Å². The van der Waals surface area contributed by atoms with Crippen molar-refractivity contribution in [1.29, 1.82) is 0 Å². The quantitative estimate of drug-likeness (QED) is 0.565. The Morgan fingerprint density at radius 3 is 2.88 bits per heavy atom. The van der Waals surface area contributed by atoms with Crippen molar-refractivity contribution in [3.8, 4) is 0 Å². The minimum atomic E-state index is 0.0693. The van der Waals surface area contributed by atoms with Crippen LogP contribution in [0.3, 0.4) is 0 Å². The molecule has 0 aliphatic heterocycles. The van der Waals surface area contributed by atoms with Crippen LogP contribution in [0.15, 0.2) is 24.3 Å². The summed E-state index contributed by atoms with van der Waals surface area (Å²) in [6.07, 6.45) is 1.80. The Hall–Kier alpha value is -1.19. The van der Waals surface area contributed by atoms with Gasteiger partial charge in [0, 0.05) is 12.2 Å². The van der Waals surface area contributed by atoms with Gasteiger partial charge >= 0.3 is 0 Å². The van der Waals surface area contributed by atoms with Gasteiger partial charge in [0.05, 0.1) is 13.2 Å². The van der Waals surface area contributed by atoms with E-state index in [4.69, 9.17) is 9.84 Å². The molecule has 3 nitrogen and oxygen atoms in total. The Morgan fingerprint density at radius 2 is 2.19 bits per heavy atom. The summed E-state index contributed by atoms with van der Waals surface area (Å²) in [5.41, 5.74) is 1.91. The van der Waals surface area contributed by atoms with Crippen molar-refractivity contribution in [2.75, 3.05) is 19.8 Å². The average molecular weight is 222 g/mol. The van der Waals surface area contributed by atoms with Crippen molar-refractivity contribution < 1.29 is 14.6 Å². The van der Waals surface area contributed by atoms with Gasteiger partial charge in [0.2, 0.25) is 0 Å². The van der Waals surface area contributed by atoms with E-state index in [0.29, 0.717) is 13.2 Å². The Labute approximate surface area is 96.1 Å². The molecule has 3 heteroatoms. The summed E-state index contributed by atoms with van der Waals surface area (Å²) in [5, 5.41) is 8.52. The lowest BCUT2D eigenvalue weighted by atomic mass is 10.0. The molecular weight excluding hydrogens is 204 g/mol. The molecule has 0 aromatic heterocycles. The van der Waals surface area contributed by atoms with E-state index in [1.54, 1.807) is 6.92 Å². The van der Waals surface area contributed by atoms with E-state index in [0.717, 1.165) is 24.0 Å². The largest absolute Gasteiger partial charge is 0.394 e. The van der Waals surface area contributed by atoms with Crippen LogP contribution < -0.4 is 0 Å². The maximum absolute atomic E-state index is 11.2. The molecule has 1 N–H and O–H groups in total. The average Bonchev–Trinajstić information content (AvgIpc) is 2.29. The number of rotatable bonds is 7. The highest BCUT2D eigenvalue weighted by Crippen LogP contribution is 2.08. The number of ketones is 1. The summed E-state index contributed by atoms with van der Waals surface area (Å²) in [6.45, 7) is 2.68. The van der Waals surface area contributed by atoms with E-state index >= 15 is 0 Å². The summed E-state index contributed by atoms with van der Waals surface area (Å²) in [7, 11) is 0. The first-order valence-electron chi connectivity index (χ1n) is 5.52. The van der Waals surface area contributed by atoms with Crippen LogP contribution in [0.2, 0.25) is 0 Å². The van der Waals surface area contributed by atoms with Crippen LogP contribution in [0.25, 0.3) is 0 Å². The highest BCUT2D eigenvalue weighted by molar-refractivity contribution is 5.94. The molecule has 0 radical (unpaired) electrons. The monoisotopic (exact) mass is 222 g/mol. The Balaban J connectivity index is 2.36. The van der Waals surface area contributed by atoms with Crippen molar-refractivity contribution in [2.24, 2.45) is 0 Å². The van der Waals surface area contributed by atoms with Gasteiger partial charge in [-0.05, 0) is 31.4 Å². The Kier molecular flexibility index (Phi) is 5.75. The fourth-order valence-electron chi connectivity index (χ4n) is 1.49. The van der Waals surface area contributed by atoms with Crippen molar-refractivity contribution >= 4 is 5.78 Å². The molecule has 0 bridgehead atoms. The second-order valence-corrected chi connectivity index (χ2v) is 3.70. The van der Waals surface area contributed by atoms with Gasteiger partial charge in [-0.25, -0.2) is 0 Å². The molecule has 0 unspecified atom stereocenters. The van der Waals surface area contributed by atoms with Crippen molar-refractivity contribution in [1.82, 2.24) is 0 Å². The zero-order valence-corrected chi connectivity index (χ0v) is 9.61. The summed E-state index contributed by atoms with van der Waals surface area (Å²) >= 11 is 0. The number of hydrogen-bond acceptors (Lipinski definition) is 3. The molecule has 0 spiro atoms. The van der Waals surface area contributed by atoms with E-state index in [9.17, 15) is 4.79 Å². The molecule has 1 rings (SSSR count). The number of carbonyl (C=O) groups is 1. The van der Waals surface area contributed by atoms with Gasteiger partial charge in [-0.3, -0.25) is 4.79 Å². The third-order valence-corrected chi connectivity index (χ3v) is 2.32. The number of aliphatic hydroxyl groups excluding tert-OH is 1. The molecule has 0 amide bonds. The highest BCUT2D eigenvalue weighted by Gasteiger charge is 2.00. The van der Waals surface area contributed by atoms with Gasteiger partial charge in [0.25, 0.3) is 0 Å². The van der Waals surface area contributed by atoms with Crippen LogP contribution in [0, 0.1) is 0 Å². The molecule has 16 heavy (non-hydrogen) atoms. The zero-order chi connectivity index (χ0) is 11.8. The fraction of sp³-hybridized carbons (Fsp3) is 0.462. The lowest BCUT2D eigenvalue weighted by Gasteiger charge is -2.04. The van der Waals surface area contributed by atoms with Crippen LogP contribution in [0.4, 0.5) is 0 Å². The van der Waals surface area contributed by atoms with Crippen LogP contribution >= 0.6 is 0 Å². The Bertz CT molecular complexity index is 334. The number of aliphatic hydroxyl groups is 1. The molecule has 0 saturated heterocycles. The summed E-state index contributed by atoms with van der Waals surface area (Å²) in [5.74, 6) is 0.0957. The molecule has 0 aliphatic rings. The van der Waals surface area contributed by atoms with Gasteiger partial charge < -0.3 is 9.84 Å². The molecule has 0 aliphatic carbocycles. The van der Waals surface area contributed by atoms with Crippen molar-refractivity contribution in [3.05, 3.63) is 35.4 Å². The third kappa shape index (κ3) is 4.55. The van der Waals surface area contributed by atoms with Crippen LogP contribution in [0.5, 0.6) is 0 Å². The van der Waals surface area contributed by atoms with E-state index in [1.165, 1.54) is 0 Å². The molecule has 1 aromatic carbocycles. The van der Waals surface area contributed by atoms with Gasteiger partial charge in [-0.1, -0.05) is 18.2 Å². The first-order valence-corrected chi connectivity index (χ1v) is 5.52. The number of Topliss-reactive ketones (excluding diaryl/α,β-unsaturated/α-hetero) is 1. The standard InChI is InChI=1S/C13H18O3/c1-11(15)13-6-2-4-12(10-13)5-3-8-16-9-7-14/h2,4,6,10,14H,3,5,7-9H2,1H3. The maximum atomic E-state index is 11.2. The molecule has 0 heterocycles. The number of carbonyl (C=O) groups excluding carboxylic acids is 1. The predicted octanol–water partition coefficient (Wildman–Crippen LogP) is 1.83. The van der Waals surface area contributed by atoms with Gasteiger partial charge in [-0.2, -0.15) is 0 Å². The Morgan fingerprint density at radius 1 is 1.38 bits per heavy atom. The van der Waals surface area contributed by atoms with Crippen LogP contribution in [0.1, 0.15) is 29.3 Å².